The molecule has 0 aromatic rings. The second-order valence-electron chi connectivity index (χ2n) is 4.95. The quantitative estimate of drug-likeness (QED) is 0.722. The third-order valence-corrected chi connectivity index (χ3v) is 3.52. The molecule has 4 heteroatoms. The SMILES string of the molecule is CC(C)C1(O)CN(C(=O)[C@H]2CCCO2)C1. The maximum absolute atomic E-state index is 11.8. The molecule has 0 radical (unpaired) electrons. The lowest BCUT2D eigenvalue weighted by molar-refractivity contribution is -0.171. The Bertz CT molecular complexity index is 253. The van der Waals surface area contributed by atoms with Crippen LogP contribution in [0.5, 0.6) is 0 Å². The number of hydrogen-bond acceptors (Lipinski definition) is 3. The molecule has 0 aromatic carbocycles. The molecule has 0 bridgehead atoms. The van der Waals surface area contributed by atoms with Gasteiger partial charge in [0.1, 0.15) is 11.7 Å². The first kappa shape index (κ1) is 10.9. The molecule has 2 aliphatic heterocycles. The van der Waals surface area contributed by atoms with Crippen LogP contribution in [0.3, 0.4) is 0 Å². The minimum atomic E-state index is -0.672. The van der Waals surface area contributed by atoms with E-state index in [1.807, 2.05) is 13.8 Å². The lowest BCUT2D eigenvalue weighted by Gasteiger charge is -2.49. The Morgan fingerprint density at radius 1 is 1.53 bits per heavy atom. The number of nitrogens with zero attached hydrogens (tertiary/aromatic N) is 1. The Balaban J connectivity index is 1.86. The first-order chi connectivity index (χ1) is 7.03. The third kappa shape index (κ3) is 1.88. The van der Waals surface area contributed by atoms with E-state index in [2.05, 4.69) is 0 Å². The number of hydrogen-bond donors (Lipinski definition) is 1. The maximum Gasteiger partial charge on any atom is 0.251 e. The summed E-state index contributed by atoms with van der Waals surface area (Å²) in [6.45, 7) is 5.58. The zero-order chi connectivity index (χ0) is 11.1. The van der Waals surface area contributed by atoms with E-state index in [1.54, 1.807) is 4.90 Å². The highest BCUT2D eigenvalue weighted by Gasteiger charge is 2.47. The van der Waals surface area contributed by atoms with Gasteiger partial charge in [0.25, 0.3) is 5.91 Å². The second-order valence-corrected chi connectivity index (χ2v) is 4.95. The zero-order valence-corrected chi connectivity index (χ0v) is 9.40. The highest BCUT2D eigenvalue weighted by atomic mass is 16.5. The van der Waals surface area contributed by atoms with E-state index in [4.69, 9.17) is 4.74 Å². The summed E-state index contributed by atoms with van der Waals surface area (Å²) in [5.74, 6) is 0.254. The largest absolute Gasteiger partial charge is 0.386 e. The molecule has 0 unspecified atom stereocenters. The van der Waals surface area contributed by atoms with Gasteiger partial charge in [-0.25, -0.2) is 0 Å². The van der Waals surface area contributed by atoms with Crippen molar-refractivity contribution < 1.29 is 14.6 Å². The van der Waals surface area contributed by atoms with Crippen LogP contribution in [-0.4, -0.2) is 47.3 Å². The predicted molar refractivity (Wildman–Crippen MR) is 55.3 cm³/mol. The number of rotatable bonds is 2. The van der Waals surface area contributed by atoms with Crippen molar-refractivity contribution in [3.8, 4) is 0 Å². The Morgan fingerprint density at radius 3 is 2.67 bits per heavy atom. The van der Waals surface area contributed by atoms with Crippen molar-refractivity contribution in [2.24, 2.45) is 5.92 Å². The van der Waals surface area contributed by atoms with Gasteiger partial charge < -0.3 is 14.7 Å². The smallest absolute Gasteiger partial charge is 0.251 e. The van der Waals surface area contributed by atoms with Crippen LogP contribution in [0.25, 0.3) is 0 Å². The first-order valence-electron chi connectivity index (χ1n) is 5.66. The maximum atomic E-state index is 11.8. The van der Waals surface area contributed by atoms with Crippen molar-refractivity contribution in [3.63, 3.8) is 0 Å². The van der Waals surface area contributed by atoms with Crippen LogP contribution >= 0.6 is 0 Å². The Hall–Kier alpha value is -0.610. The van der Waals surface area contributed by atoms with Crippen LogP contribution < -0.4 is 0 Å². The molecule has 15 heavy (non-hydrogen) atoms. The fourth-order valence-corrected chi connectivity index (χ4v) is 2.11. The number of likely N-dealkylation sites (tertiary alicyclic amines) is 1. The molecule has 1 atom stereocenters. The zero-order valence-electron chi connectivity index (χ0n) is 9.40. The molecular formula is C11H19NO3. The van der Waals surface area contributed by atoms with Crippen LogP contribution in [-0.2, 0) is 9.53 Å². The summed E-state index contributed by atoms with van der Waals surface area (Å²) in [5.41, 5.74) is -0.672. The number of carbonyl (C=O) groups excluding carboxylic acids is 1. The molecule has 2 fully saturated rings. The van der Waals surface area contributed by atoms with E-state index < -0.39 is 5.60 Å². The first-order valence-corrected chi connectivity index (χ1v) is 5.66. The monoisotopic (exact) mass is 213 g/mol. The van der Waals surface area contributed by atoms with Gasteiger partial charge in [-0.1, -0.05) is 13.8 Å². The average Bonchev–Trinajstić information content (AvgIpc) is 2.64. The van der Waals surface area contributed by atoms with Gasteiger partial charge in [0, 0.05) is 6.61 Å². The molecule has 0 aliphatic carbocycles. The van der Waals surface area contributed by atoms with Crippen molar-refractivity contribution in [1.82, 2.24) is 4.90 Å². The van der Waals surface area contributed by atoms with E-state index in [0.29, 0.717) is 19.7 Å². The summed E-state index contributed by atoms with van der Waals surface area (Å²) in [6, 6.07) is 0. The van der Waals surface area contributed by atoms with Gasteiger partial charge in [-0.3, -0.25) is 4.79 Å². The van der Waals surface area contributed by atoms with Gasteiger partial charge in [-0.15, -0.1) is 0 Å². The fraction of sp³-hybridized carbons (Fsp3) is 0.909. The molecule has 0 spiro atoms. The third-order valence-electron chi connectivity index (χ3n) is 3.52. The van der Waals surface area contributed by atoms with Gasteiger partial charge in [-0.05, 0) is 18.8 Å². The summed E-state index contributed by atoms with van der Waals surface area (Å²) in [6.07, 6.45) is 1.55. The molecule has 2 saturated heterocycles. The van der Waals surface area contributed by atoms with Gasteiger partial charge in [-0.2, -0.15) is 0 Å². The van der Waals surface area contributed by atoms with E-state index in [9.17, 15) is 9.90 Å². The van der Waals surface area contributed by atoms with E-state index in [1.165, 1.54) is 0 Å². The molecule has 2 aliphatic rings. The van der Waals surface area contributed by atoms with Crippen LogP contribution in [0, 0.1) is 5.92 Å². The highest BCUT2D eigenvalue weighted by Crippen LogP contribution is 2.30. The lowest BCUT2D eigenvalue weighted by Crippen LogP contribution is -2.67. The molecule has 86 valence electrons. The second kappa shape index (κ2) is 3.76. The molecule has 1 N–H and O–H groups in total. The van der Waals surface area contributed by atoms with Crippen molar-refractivity contribution >= 4 is 5.91 Å². The number of β-amino-alcohol motifs (C(OH)–C–C–N with tert-alkyl or cyclic N) is 1. The standard InChI is InChI=1S/C11H19NO3/c1-8(2)11(14)6-12(7-11)10(13)9-4-3-5-15-9/h8-9,14H,3-7H2,1-2H3/t9-/m1/s1. The van der Waals surface area contributed by atoms with Crippen molar-refractivity contribution in [3.05, 3.63) is 0 Å². The minimum absolute atomic E-state index is 0.0535. The van der Waals surface area contributed by atoms with Gasteiger partial charge in [0.05, 0.1) is 13.1 Å². The lowest BCUT2D eigenvalue weighted by atomic mass is 9.82. The van der Waals surface area contributed by atoms with Crippen molar-refractivity contribution in [1.29, 1.82) is 0 Å². The minimum Gasteiger partial charge on any atom is -0.386 e. The van der Waals surface area contributed by atoms with E-state index in [0.717, 1.165) is 12.8 Å². The fourth-order valence-electron chi connectivity index (χ4n) is 2.11. The highest BCUT2D eigenvalue weighted by molar-refractivity contribution is 5.82. The van der Waals surface area contributed by atoms with Gasteiger partial charge >= 0.3 is 0 Å². The summed E-state index contributed by atoms with van der Waals surface area (Å²) >= 11 is 0. The molecular weight excluding hydrogens is 194 g/mol. The summed E-state index contributed by atoms with van der Waals surface area (Å²) in [4.78, 5) is 13.5. The average molecular weight is 213 g/mol. The predicted octanol–water partition coefficient (Wildman–Crippen LogP) is 0.395. The number of carbonyl (C=O) groups is 1. The van der Waals surface area contributed by atoms with Crippen molar-refractivity contribution in [2.75, 3.05) is 19.7 Å². The summed E-state index contributed by atoms with van der Waals surface area (Å²) < 4.78 is 5.33. The molecule has 1 amide bonds. The Kier molecular flexibility index (Phi) is 2.73. The van der Waals surface area contributed by atoms with Crippen LogP contribution in [0.2, 0.25) is 0 Å². The van der Waals surface area contributed by atoms with Crippen LogP contribution in [0.15, 0.2) is 0 Å². The van der Waals surface area contributed by atoms with Crippen LogP contribution in [0.1, 0.15) is 26.7 Å². The molecule has 2 heterocycles. The molecule has 0 aromatic heterocycles. The van der Waals surface area contributed by atoms with Crippen LogP contribution in [0.4, 0.5) is 0 Å². The number of aliphatic hydroxyl groups is 1. The molecule has 2 rings (SSSR count). The normalized spacial score (nSPS) is 29.3. The van der Waals surface area contributed by atoms with Gasteiger partial charge in [0.2, 0.25) is 0 Å². The van der Waals surface area contributed by atoms with E-state index in [-0.39, 0.29) is 17.9 Å². The summed E-state index contributed by atoms with van der Waals surface area (Å²) in [7, 11) is 0. The number of ether oxygens (including phenoxy) is 1. The van der Waals surface area contributed by atoms with E-state index >= 15 is 0 Å². The topological polar surface area (TPSA) is 49.8 Å². The molecule has 4 nitrogen and oxygen atoms in total. The Morgan fingerprint density at radius 2 is 2.20 bits per heavy atom. The van der Waals surface area contributed by atoms with Crippen molar-refractivity contribution in [2.45, 2.75) is 38.4 Å². The Labute approximate surface area is 90.2 Å². The number of amides is 1. The molecule has 0 saturated carbocycles. The van der Waals surface area contributed by atoms with Gasteiger partial charge in [0.15, 0.2) is 0 Å². The summed E-state index contributed by atoms with van der Waals surface area (Å²) in [5, 5.41) is 10.0.